The minimum atomic E-state index is -0.397. The molecule has 1 fully saturated rings. The van der Waals surface area contributed by atoms with Crippen LogP contribution in [0, 0.1) is 5.92 Å². The molecule has 1 aliphatic rings. The number of hydrogen-bond donors (Lipinski definition) is 1. The Labute approximate surface area is 159 Å². The third-order valence-corrected chi connectivity index (χ3v) is 5.55. The van der Waals surface area contributed by atoms with E-state index in [0.29, 0.717) is 18.8 Å². The summed E-state index contributed by atoms with van der Waals surface area (Å²) < 4.78 is 5.84. The Morgan fingerprint density at radius 3 is 2.54 bits per heavy atom. The van der Waals surface area contributed by atoms with Gasteiger partial charge in [0.05, 0.1) is 12.7 Å². The van der Waals surface area contributed by atoms with E-state index in [0.717, 1.165) is 69.1 Å². The summed E-state index contributed by atoms with van der Waals surface area (Å²) in [6, 6.07) is 8.10. The number of aliphatic hydroxyl groups excluding tert-OH is 1. The molecule has 0 aliphatic heterocycles. The molecular formula is C23H36O3. The van der Waals surface area contributed by atoms with Gasteiger partial charge in [0.1, 0.15) is 5.78 Å². The second-order valence-electron chi connectivity index (χ2n) is 7.70. The van der Waals surface area contributed by atoms with Crippen LogP contribution in [0.4, 0.5) is 0 Å². The summed E-state index contributed by atoms with van der Waals surface area (Å²) >= 11 is 0. The van der Waals surface area contributed by atoms with Crippen LogP contribution in [-0.4, -0.2) is 24.1 Å². The largest absolute Gasteiger partial charge is 0.388 e. The van der Waals surface area contributed by atoms with Crippen molar-refractivity contribution < 1.29 is 14.6 Å². The molecule has 0 radical (unpaired) electrons. The van der Waals surface area contributed by atoms with Crippen molar-refractivity contribution in [3.8, 4) is 0 Å². The molecule has 3 nitrogen and oxygen atoms in total. The number of benzene rings is 1. The Morgan fingerprint density at radius 1 is 1.12 bits per heavy atom. The fourth-order valence-corrected chi connectivity index (χ4v) is 3.92. The van der Waals surface area contributed by atoms with E-state index < -0.39 is 6.10 Å². The van der Waals surface area contributed by atoms with Crippen LogP contribution in [-0.2, 0) is 9.53 Å². The summed E-state index contributed by atoms with van der Waals surface area (Å²) in [7, 11) is 0. The van der Waals surface area contributed by atoms with Gasteiger partial charge in [0.25, 0.3) is 0 Å². The van der Waals surface area contributed by atoms with E-state index in [2.05, 4.69) is 13.8 Å². The summed E-state index contributed by atoms with van der Waals surface area (Å²) in [5.41, 5.74) is 2.05. The molecule has 0 saturated heterocycles. The molecule has 0 amide bonds. The van der Waals surface area contributed by atoms with Gasteiger partial charge in [-0.15, -0.1) is 0 Å². The van der Waals surface area contributed by atoms with Crippen LogP contribution >= 0.6 is 0 Å². The van der Waals surface area contributed by atoms with Gasteiger partial charge in [-0.1, -0.05) is 63.8 Å². The highest BCUT2D eigenvalue weighted by Gasteiger charge is 2.33. The molecule has 0 aromatic heterocycles. The molecule has 1 aromatic rings. The van der Waals surface area contributed by atoms with Crippen LogP contribution in [0.5, 0.6) is 0 Å². The van der Waals surface area contributed by atoms with Gasteiger partial charge >= 0.3 is 0 Å². The van der Waals surface area contributed by atoms with Gasteiger partial charge < -0.3 is 9.84 Å². The van der Waals surface area contributed by atoms with E-state index in [1.54, 1.807) is 0 Å². The zero-order valence-corrected chi connectivity index (χ0v) is 16.6. The first-order valence-electron chi connectivity index (χ1n) is 10.6. The number of carbonyl (C=O) groups excluding carboxylic acids is 1. The van der Waals surface area contributed by atoms with Crippen molar-refractivity contribution in [1.29, 1.82) is 0 Å². The van der Waals surface area contributed by atoms with Crippen molar-refractivity contribution >= 4 is 5.78 Å². The number of carbonyl (C=O) groups is 1. The average molecular weight is 361 g/mol. The zero-order chi connectivity index (χ0) is 18.8. The third kappa shape index (κ3) is 6.21. The van der Waals surface area contributed by atoms with Gasteiger partial charge in [0.15, 0.2) is 0 Å². The molecule has 26 heavy (non-hydrogen) atoms. The zero-order valence-electron chi connectivity index (χ0n) is 16.6. The Bertz CT molecular complexity index is 523. The predicted octanol–water partition coefficient (Wildman–Crippen LogP) is 5.57. The van der Waals surface area contributed by atoms with Crippen LogP contribution in [0.15, 0.2) is 24.3 Å². The molecule has 1 saturated carbocycles. The summed E-state index contributed by atoms with van der Waals surface area (Å²) in [6.45, 7) is 5.80. The van der Waals surface area contributed by atoms with Crippen LogP contribution in [0.2, 0.25) is 0 Å². The van der Waals surface area contributed by atoms with Crippen molar-refractivity contribution in [2.75, 3.05) is 13.2 Å². The Balaban J connectivity index is 1.99. The third-order valence-electron chi connectivity index (χ3n) is 5.55. The first-order valence-corrected chi connectivity index (χ1v) is 10.6. The topological polar surface area (TPSA) is 46.5 Å². The predicted molar refractivity (Wildman–Crippen MR) is 106 cm³/mol. The monoisotopic (exact) mass is 360 g/mol. The number of rotatable bonds is 11. The molecule has 1 N–H and O–H groups in total. The molecule has 2 rings (SSSR count). The minimum absolute atomic E-state index is 0.0448. The number of ether oxygens (including phenoxy) is 1. The molecule has 0 bridgehead atoms. The Hall–Kier alpha value is -1.19. The van der Waals surface area contributed by atoms with E-state index in [-0.39, 0.29) is 11.8 Å². The van der Waals surface area contributed by atoms with Crippen molar-refractivity contribution in [3.63, 3.8) is 0 Å². The summed E-state index contributed by atoms with van der Waals surface area (Å²) in [5.74, 6) is 0.585. The highest BCUT2D eigenvalue weighted by Crippen LogP contribution is 2.36. The SMILES string of the molecule is CCCCCC(O)c1ccc(C2C(=O)CCCC2COCCCC)cc1. The lowest BCUT2D eigenvalue weighted by molar-refractivity contribution is -0.124. The Morgan fingerprint density at radius 2 is 1.85 bits per heavy atom. The molecule has 3 heteroatoms. The lowest BCUT2D eigenvalue weighted by Crippen LogP contribution is -2.30. The van der Waals surface area contributed by atoms with Gasteiger partial charge in [-0.3, -0.25) is 4.79 Å². The standard InChI is InChI=1S/C23H36O3/c1-3-5-7-10-21(24)18-12-14-19(15-13-18)23-20(9-8-11-22(23)25)17-26-16-6-4-2/h12-15,20-21,23-24H,3-11,16-17H2,1-2H3. The number of ketones is 1. The quantitative estimate of drug-likeness (QED) is 0.525. The summed E-state index contributed by atoms with van der Waals surface area (Å²) in [4.78, 5) is 12.6. The second kappa shape index (κ2) is 11.5. The van der Waals surface area contributed by atoms with E-state index in [4.69, 9.17) is 4.74 Å². The maximum absolute atomic E-state index is 12.6. The van der Waals surface area contributed by atoms with E-state index in [1.807, 2.05) is 24.3 Å². The van der Waals surface area contributed by atoms with Crippen LogP contribution in [0.3, 0.4) is 0 Å². The molecule has 0 spiro atoms. The first kappa shape index (κ1) is 21.1. The molecule has 1 aliphatic carbocycles. The van der Waals surface area contributed by atoms with E-state index in [9.17, 15) is 9.90 Å². The second-order valence-corrected chi connectivity index (χ2v) is 7.70. The maximum Gasteiger partial charge on any atom is 0.140 e. The number of Topliss-reactive ketones (excluding diaryl/α,β-unsaturated/α-hetero) is 1. The highest BCUT2D eigenvalue weighted by molar-refractivity contribution is 5.86. The molecule has 1 aromatic carbocycles. The van der Waals surface area contributed by atoms with Crippen LogP contribution in [0.1, 0.15) is 94.8 Å². The van der Waals surface area contributed by atoms with Gasteiger partial charge in [-0.25, -0.2) is 0 Å². The van der Waals surface area contributed by atoms with E-state index in [1.165, 1.54) is 0 Å². The maximum atomic E-state index is 12.6. The molecule has 3 atom stereocenters. The fourth-order valence-electron chi connectivity index (χ4n) is 3.92. The van der Waals surface area contributed by atoms with Crippen molar-refractivity contribution in [2.45, 2.75) is 83.7 Å². The van der Waals surface area contributed by atoms with Crippen LogP contribution in [0.25, 0.3) is 0 Å². The smallest absolute Gasteiger partial charge is 0.140 e. The average Bonchev–Trinajstić information content (AvgIpc) is 2.66. The van der Waals surface area contributed by atoms with Gasteiger partial charge in [0.2, 0.25) is 0 Å². The minimum Gasteiger partial charge on any atom is -0.388 e. The van der Waals surface area contributed by atoms with Crippen molar-refractivity contribution in [3.05, 3.63) is 35.4 Å². The highest BCUT2D eigenvalue weighted by atomic mass is 16.5. The van der Waals surface area contributed by atoms with Gasteiger partial charge in [-0.2, -0.15) is 0 Å². The number of unbranched alkanes of at least 4 members (excludes halogenated alkanes) is 3. The number of aliphatic hydroxyl groups is 1. The molecule has 146 valence electrons. The fraction of sp³-hybridized carbons (Fsp3) is 0.696. The first-order chi connectivity index (χ1) is 12.7. The van der Waals surface area contributed by atoms with Gasteiger partial charge in [0, 0.05) is 18.9 Å². The van der Waals surface area contributed by atoms with E-state index >= 15 is 0 Å². The lowest BCUT2D eigenvalue weighted by Gasteiger charge is -2.31. The molecule has 3 unspecified atom stereocenters. The normalized spacial score (nSPS) is 21.7. The van der Waals surface area contributed by atoms with Crippen molar-refractivity contribution in [2.24, 2.45) is 5.92 Å². The Kier molecular flexibility index (Phi) is 9.35. The van der Waals surface area contributed by atoms with Crippen molar-refractivity contribution in [1.82, 2.24) is 0 Å². The number of hydrogen-bond acceptors (Lipinski definition) is 3. The van der Waals surface area contributed by atoms with Gasteiger partial charge in [-0.05, 0) is 42.7 Å². The summed E-state index contributed by atoms with van der Waals surface area (Å²) in [5, 5.41) is 10.3. The summed E-state index contributed by atoms with van der Waals surface area (Å²) in [6.07, 6.45) is 8.72. The lowest BCUT2D eigenvalue weighted by atomic mass is 9.75. The molecule has 0 heterocycles. The van der Waals surface area contributed by atoms with Crippen LogP contribution < -0.4 is 0 Å². The molecular weight excluding hydrogens is 324 g/mol.